The van der Waals surface area contributed by atoms with E-state index in [1.54, 1.807) is 12.1 Å². The maximum absolute atomic E-state index is 11.5. The first-order valence-corrected chi connectivity index (χ1v) is 6.17. The van der Waals surface area contributed by atoms with Crippen molar-refractivity contribution in [3.8, 4) is 0 Å². The number of carbonyl (C=O) groups is 2. The molecule has 1 aromatic heterocycles. The number of hydrogen-bond donors (Lipinski definition) is 1. The van der Waals surface area contributed by atoms with Crippen LogP contribution in [-0.2, 0) is 16.1 Å². The molecule has 1 N–H and O–H groups in total. The molecule has 19 heavy (non-hydrogen) atoms. The Labute approximate surface area is 111 Å². The minimum Gasteiger partial charge on any atom is -0.465 e. The van der Waals surface area contributed by atoms with E-state index in [0.29, 0.717) is 18.7 Å². The number of nitrogens with zero attached hydrogens (tertiary/aromatic N) is 2. The van der Waals surface area contributed by atoms with Crippen molar-refractivity contribution in [2.24, 2.45) is 0 Å². The molecule has 1 fully saturated rings. The van der Waals surface area contributed by atoms with Crippen molar-refractivity contribution < 1.29 is 14.3 Å². The molecule has 1 atom stereocenters. The van der Waals surface area contributed by atoms with Crippen LogP contribution in [0.25, 0.3) is 0 Å². The zero-order valence-electron chi connectivity index (χ0n) is 11.0. The number of piperazine rings is 1. The Morgan fingerprint density at radius 3 is 3.00 bits per heavy atom. The third-order valence-corrected chi connectivity index (χ3v) is 3.24. The lowest BCUT2D eigenvalue weighted by Crippen LogP contribution is -2.53. The fourth-order valence-corrected chi connectivity index (χ4v) is 2.01. The van der Waals surface area contributed by atoms with Gasteiger partial charge in [-0.3, -0.25) is 14.7 Å². The van der Waals surface area contributed by atoms with Crippen molar-refractivity contribution in [1.29, 1.82) is 0 Å². The van der Waals surface area contributed by atoms with E-state index < -0.39 is 5.97 Å². The number of ether oxygens (including phenoxy) is 1. The van der Waals surface area contributed by atoms with Crippen molar-refractivity contribution in [2.45, 2.75) is 19.5 Å². The SMILES string of the molecule is COC(=O)c1ccc(CN2CCNC(=O)C2C)nc1. The van der Waals surface area contributed by atoms with Crippen LogP contribution >= 0.6 is 0 Å². The van der Waals surface area contributed by atoms with Gasteiger partial charge in [-0.25, -0.2) is 4.79 Å². The van der Waals surface area contributed by atoms with Gasteiger partial charge in [0.15, 0.2) is 0 Å². The van der Waals surface area contributed by atoms with Crippen molar-refractivity contribution in [2.75, 3.05) is 20.2 Å². The molecule has 1 aromatic rings. The van der Waals surface area contributed by atoms with Crippen molar-refractivity contribution in [3.05, 3.63) is 29.6 Å². The summed E-state index contributed by atoms with van der Waals surface area (Å²) in [5.74, 6) is -0.359. The minimum absolute atomic E-state index is 0.0393. The molecule has 1 unspecified atom stereocenters. The Bertz CT molecular complexity index is 473. The average molecular weight is 263 g/mol. The maximum atomic E-state index is 11.5. The molecule has 0 aliphatic carbocycles. The second kappa shape index (κ2) is 5.79. The molecule has 2 heterocycles. The average Bonchev–Trinajstić information content (AvgIpc) is 2.44. The number of nitrogens with one attached hydrogen (secondary N) is 1. The highest BCUT2D eigenvalue weighted by Gasteiger charge is 2.25. The number of esters is 1. The third-order valence-electron chi connectivity index (χ3n) is 3.24. The molecule has 0 bridgehead atoms. The summed E-state index contributed by atoms with van der Waals surface area (Å²) in [6.07, 6.45) is 1.50. The van der Waals surface area contributed by atoms with Crippen LogP contribution in [-0.4, -0.2) is 48.0 Å². The molecular weight excluding hydrogens is 246 g/mol. The third kappa shape index (κ3) is 3.08. The van der Waals surface area contributed by atoms with E-state index in [1.807, 2.05) is 6.92 Å². The monoisotopic (exact) mass is 263 g/mol. The quantitative estimate of drug-likeness (QED) is 0.788. The summed E-state index contributed by atoms with van der Waals surface area (Å²) in [4.78, 5) is 29.1. The summed E-state index contributed by atoms with van der Waals surface area (Å²) in [7, 11) is 1.34. The number of aromatic nitrogens is 1. The fraction of sp³-hybridized carbons (Fsp3) is 0.462. The molecule has 6 nitrogen and oxygen atoms in total. The highest BCUT2D eigenvalue weighted by Crippen LogP contribution is 2.10. The summed E-state index contributed by atoms with van der Waals surface area (Å²) in [5, 5.41) is 2.82. The van der Waals surface area contributed by atoms with Crippen molar-refractivity contribution in [3.63, 3.8) is 0 Å². The van der Waals surface area contributed by atoms with Gasteiger partial charge < -0.3 is 10.1 Å². The van der Waals surface area contributed by atoms with Crippen molar-refractivity contribution >= 4 is 11.9 Å². The fourth-order valence-electron chi connectivity index (χ4n) is 2.01. The summed E-state index contributed by atoms with van der Waals surface area (Å²) >= 11 is 0. The van der Waals surface area contributed by atoms with Gasteiger partial charge in [-0.1, -0.05) is 0 Å². The van der Waals surface area contributed by atoms with Crippen LogP contribution in [0, 0.1) is 0 Å². The zero-order valence-corrected chi connectivity index (χ0v) is 11.0. The summed E-state index contributed by atoms with van der Waals surface area (Å²) in [5.41, 5.74) is 1.25. The lowest BCUT2D eigenvalue weighted by molar-refractivity contribution is -0.128. The standard InChI is InChI=1S/C13H17N3O3/c1-9-12(17)14-5-6-16(9)8-11-4-3-10(7-15-11)13(18)19-2/h3-4,7,9H,5-6,8H2,1-2H3,(H,14,17). The molecule has 1 aliphatic heterocycles. The van der Waals surface area contributed by atoms with E-state index in [9.17, 15) is 9.59 Å². The molecule has 6 heteroatoms. The number of carbonyl (C=O) groups excluding carboxylic acids is 2. The Balaban J connectivity index is 2.03. The summed E-state index contributed by atoms with van der Waals surface area (Å²) < 4.78 is 4.61. The van der Waals surface area contributed by atoms with Gasteiger partial charge in [0.1, 0.15) is 0 Å². The van der Waals surface area contributed by atoms with Crippen LogP contribution in [0.15, 0.2) is 18.3 Å². The van der Waals surface area contributed by atoms with E-state index in [0.717, 1.165) is 12.2 Å². The van der Waals surface area contributed by atoms with E-state index in [-0.39, 0.29) is 11.9 Å². The van der Waals surface area contributed by atoms with Crippen LogP contribution in [0.4, 0.5) is 0 Å². The highest BCUT2D eigenvalue weighted by molar-refractivity contribution is 5.88. The summed E-state index contributed by atoms with van der Waals surface area (Å²) in [6.45, 7) is 3.92. The highest BCUT2D eigenvalue weighted by atomic mass is 16.5. The van der Waals surface area contributed by atoms with Gasteiger partial charge in [0, 0.05) is 25.8 Å². The van der Waals surface area contributed by atoms with Crippen molar-refractivity contribution in [1.82, 2.24) is 15.2 Å². The molecule has 1 saturated heterocycles. The predicted octanol–water partition coefficient (Wildman–Crippen LogP) is 0.188. The Kier molecular flexibility index (Phi) is 4.11. The van der Waals surface area contributed by atoms with Crippen LogP contribution in [0.3, 0.4) is 0 Å². The van der Waals surface area contributed by atoms with Crippen LogP contribution in [0.2, 0.25) is 0 Å². The molecule has 0 spiro atoms. The Morgan fingerprint density at radius 2 is 2.37 bits per heavy atom. The van der Waals surface area contributed by atoms with Gasteiger partial charge in [0.05, 0.1) is 24.4 Å². The van der Waals surface area contributed by atoms with E-state index in [1.165, 1.54) is 13.3 Å². The Hall–Kier alpha value is -1.95. The maximum Gasteiger partial charge on any atom is 0.339 e. The number of pyridine rings is 1. The predicted molar refractivity (Wildman–Crippen MR) is 68.5 cm³/mol. The molecule has 102 valence electrons. The molecule has 2 rings (SSSR count). The number of hydrogen-bond acceptors (Lipinski definition) is 5. The van der Waals surface area contributed by atoms with Gasteiger partial charge >= 0.3 is 5.97 Å². The second-order valence-corrected chi connectivity index (χ2v) is 4.47. The van der Waals surface area contributed by atoms with E-state index >= 15 is 0 Å². The summed E-state index contributed by atoms with van der Waals surface area (Å²) in [6, 6.07) is 3.31. The van der Waals surface area contributed by atoms with Gasteiger partial charge in [0.25, 0.3) is 0 Å². The van der Waals surface area contributed by atoms with Gasteiger partial charge in [0.2, 0.25) is 5.91 Å². The first-order chi connectivity index (χ1) is 9.11. The Morgan fingerprint density at radius 1 is 1.58 bits per heavy atom. The molecule has 1 aliphatic rings. The van der Waals surface area contributed by atoms with Gasteiger partial charge in [-0.05, 0) is 19.1 Å². The molecule has 0 saturated carbocycles. The second-order valence-electron chi connectivity index (χ2n) is 4.47. The lowest BCUT2D eigenvalue weighted by atomic mass is 10.2. The first kappa shape index (κ1) is 13.5. The van der Waals surface area contributed by atoms with Gasteiger partial charge in [-0.2, -0.15) is 0 Å². The molecular formula is C13H17N3O3. The first-order valence-electron chi connectivity index (χ1n) is 6.17. The van der Waals surface area contributed by atoms with Gasteiger partial charge in [-0.15, -0.1) is 0 Å². The van der Waals surface area contributed by atoms with E-state index in [2.05, 4.69) is 19.9 Å². The van der Waals surface area contributed by atoms with E-state index in [4.69, 9.17) is 0 Å². The molecule has 0 aromatic carbocycles. The number of methoxy groups -OCH3 is 1. The normalized spacial score (nSPS) is 19.9. The van der Waals surface area contributed by atoms with Crippen LogP contribution in [0.1, 0.15) is 23.0 Å². The topological polar surface area (TPSA) is 71.5 Å². The minimum atomic E-state index is -0.398. The number of amides is 1. The zero-order chi connectivity index (χ0) is 13.8. The molecule has 1 amide bonds. The smallest absolute Gasteiger partial charge is 0.339 e. The largest absolute Gasteiger partial charge is 0.465 e. The lowest BCUT2D eigenvalue weighted by Gasteiger charge is -2.32. The van der Waals surface area contributed by atoms with Crippen LogP contribution < -0.4 is 5.32 Å². The van der Waals surface area contributed by atoms with Crippen LogP contribution in [0.5, 0.6) is 0 Å². The molecule has 0 radical (unpaired) electrons. The number of rotatable bonds is 3.